The molecule has 0 atom stereocenters. The molecule has 2 aromatic carbocycles. The summed E-state index contributed by atoms with van der Waals surface area (Å²) in [5.74, 6) is -3.20. The van der Waals surface area contributed by atoms with Crippen molar-refractivity contribution in [2.45, 2.75) is 144 Å². The number of carbonyl (C=O) groups is 2. The third kappa shape index (κ3) is 18.4. The summed E-state index contributed by atoms with van der Waals surface area (Å²) >= 11 is 0. The standard InChI is InChI=1S/C36H54O13/c1-31(2,3)42-46-35(13,47-43-32(4,5)6)23-29(37)40-26-20-18-25(19-21-26)39-27-16-15-17-28(22-27)41-30(38)24-36(14,48-44-33(7,8)9)49-45-34(10,11)12/h15-22H,23-24H2,1-14H3. The normalized spacial score (nSPS) is 13.3. The van der Waals surface area contributed by atoms with Crippen LogP contribution in [0.1, 0.15) is 110 Å². The van der Waals surface area contributed by atoms with E-state index in [0.29, 0.717) is 11.5 Å². The molecule has 0 spiro atoms. The first kappa shape index (κ1) is 42.0. The second-order valence-corrected chi connectivity index (χ2v) is 15.7. The summed E-state index contributed by atoms with van der Waals surface area (Å²) < 4.78 is 17.0. The van der Waals surface area contributed by atoms with Crippen LogP contribution in [-0.4, -0.2) is 45.9 Å². The number of hydrogen-bond donors (Lipinski definition) is 0. The summed E-state index contributed by atoms with van der Waals surface area (Å²) in [5, 5.41) is 0. The molecule has 0 aliphatic rings. The Hall–Kier alpha value is -3.14. The Balaban J connectivity index is 2.03. The van der Waals surface area contributed by atoms with Gasteiger partial charge in [0.1, 0.15) is 35.8 Å². The minimum atomic E-state index is -1.60. The topological polar surface area (TPSA) is 136 Å². The molecule has 0 saturated heterocycles. The Bertz CT molecular complexity index is 1310. The van der Waals surface area contributed by atoms with Crippen molar-refractivity contribution in [1.82, 2.24) is 0 Å². The Morgan fingerprint density at radius 2 is 0.755 bits per heavy atom. The summed E-state index contributed by atoms with van der Waals surface area (Å²) in [6, 6.07) is 12.9. The lowest BCUT2D eigenvalue weighted by Crippen LogP contribution is -2.41. The maximum Gasteiger partial charge on any atom is 0.316 e. The summed E-state index contributed by atoms with van der Waals surface area (Å²) in [5.41, 5.74) is -2.67. The second-order valence-electron chi connectivity index (χ2n) is 15.7. The highest BCUT2D eigenvalue weighted by molar-refractivity contribution is 5.74. The molecule has 276 valence electrons. The van der Waals surface area contributed by atoms with Gasteiger partial charge in [0.05, 0.1) is 22.4 Å². The molecule has 13 heteroatoms. The van der Waals surface area contributed by atoms with Gasteiger partial charge in [-0.1, -0.05) is 6.07 Å². The Labute approximate surface area is 290 Å². The van der Waals surface area contributed by atoms with Crippen molar-refractivity contribution >= 4 is 11.9 Å². The maximum absolute atomic E-state index is 12.9. The fourth-order valence-corrected chi connectivity index (χ4v) is 3.17. The summed E-state index contributed by atoms with van der Waals surface area (Å²) in [6.07, 6.45) is -0.692. The highest BCUT2D eigenvalue weighted by Gasteiger charge is 2.38. The van der Waals surface area contributed by atoms with Crippen LogP contribution < -0.4 is 14.2 Å². The third-order valence-electron chi connectivity index (χ3n) is 5.13. The monoisotopic (exact) mass is 694 g/mol. The number of esters is 2. The molecule has 0 unspecified atom stereocenters. The molecule has 0 fully saturated rings. The molecule has 0 aliphatic carbocycles. The molecule has 0 bridgehead atoms. The molecule has 0 N–H and O–H groups in total. The zero-order valence-corrected chi connectivity index (χ0v) is 31.3. The van der Waals surface area contributed by atoms with E-state index in [0.717, 1.165) is 0 Å². The largest absolute Gasteiger partial charge is 0.457 e. The predicted octanol–water partition coefficient (Wildman–Crippen LogP) is 8.49. The Morgan fingerprint density at radius 1 is 0.429 bits per heavy atom. The van der Waals surface area contributed by atoms with Crippen LogP contribution in [0.25, 0.3) is 0 Å². The van der Waals surface area contributed by atoms with Crippen LogP contribution >= 0.6 is 0 Å². The molecule has 0 radical (unpaired) electrons. The van der Waals surface area contributed by atoms with Crippen LogP contribution in [0, 0.1) is 0 Å². The van der Waals surface area contributed by atoms with Gasteiger partial charge in [0.25, 0.3) is 0 Å². The van der Waals surface area contributed by atoms with Crippen molar-refractivity contribution in [3.05, 3.63) is 48.5 Å². The molecule has 49 heavy (non-hydrogen) atoms. The van der Waals surface area contributed by atoms with Crippen LogP contribution in [0.3, 0.4) is 0 Å². The fraction of sp³-hybridized carbons (Fsp3) is 0.611. The van der Waals surface area contributed by atoms with Gasteiger partial charge in [-0.05, 0) is 133 Å². The van der Waals surface area contributed by atoms with Gasteiger partial charge in [0.2, 0.25) is 11.6 Å². The number of ether oxygens (including phenoxy) is 3. The van der Waals surface area contributed by atoms with Gasteiger partial charge in [-0.25, -0.2) is 19.6 Å². The van der Waals surface area contributed by atoms with Crippen molar-refractivity contribution in [1.29, 1.82) is 0 Å². The van der Waals surface area contributed by atoms with Gasteiger partial charge in [-0.15, -0.1) is 0 Å². The summed E-state index contributed by atoms with van der Waals surface area (Å²) in [6.45, 7) is 24.5. The van der Waals surface area contributed by atoms with E-state index in [-0.39, 0.29) is 24.3 Å². The van der Waals surface area contributed by atoms with Gasteiger partial charge in [-0.2, -0.15) is 19.6 Å². The third-order valence-corrected chi connectivity index (χ3v) is 5.13. The number of rotatable bonds is 16. The summed E-state index contributed by atoms with van der Waals surface area (Å²) in [4.78, 5) is 69.2. The van der Waals surface area contributed by atoms with E-state index in [2.05, 4.69) is 0 Å². The van der Waals surface area contributed by atoms with Gasteiger partial charge < -0.3 is 14.2 Å². The number of benzene rings is 2. The second kappa shape index (κ2) is 16.7. The summed E-state index contributed by atoms with van der Waals surface area (Å²) in [7, 11) is 0. The van der Waals surface area contributed by atoms with E-state index in [1.807, 2.05) is 0 Å². The van der Waals surface area contributed by atoms with Crippen molar-refractivity contribution in [2.24, 2.45) is 0 Å². The van der Waals surface area contributed by atoms with Gasteiger partial charge in [-0.3, -0.25) is 9.59 Å². The van der Waals surface area contributed by atoms with E-state index >= 15 is 0 Å². The lowest BCUT2D eigenvalue weighted by atomic mass is 10.2. The fourth-order valence-electron chi connectivity index (χ4n) is 3.17. The number of carbonyl (C=O) groups excluding carboxylic acids is 2. The quantitative estimate of drug-likeness (QED) is 0.0547. The first-order valence-corrected chi connectivity index (χ1v) is 16.0. The van der Waals surface area contributed by atoms with Crippen LogP contribution in [0.2, 0.25) is 0 Å². The molecular formula is C36H54O13. The first-order chi connectivity index (χ1) is 22.2. The average molecular weight is 695 g/mol. The zero-order chi connectivity index (χ0) is 37.3. The molecule has 2 rings (SSSR count). The van der Waals surface area contributed by atoms with Crippen LogP contribution in [0.5, 0.6) is 23.0 Å². The van der Waals surface area contributed by atoms with Gasteiger partial charge in [0, 0.05) is 6.07 Å². The molecular weight excluding hydrogens is 640 g/mol. The molecule has 13 nitrogen and oxygen atoms in total. The molecule has 0 amide bonds. The Kier molecular flexibility index (Phi) is 14.3. The van der Waals surface area contributed by atoms with Gasteiger partial charge in [0.15, 0.2) is 0 Å². The molecule has 0 saturated carbocycles. The highest BCUT2D eigenvalue weighted by Crippen LogP contribution is 2.30. The van der Waals surface area contributed by atoms with E-state index in [4.69, 9.17) is 53.3 Å². The van der Waals surface area contributed by atoms with Crippen molar-refractivity contribution in [3.63, 3.8) is 0 Å². The van der Waals surface area contributed by atoms with Crippen LogP contribution in [0.15, 0.2) is 48.5 Å². The van der Waals surface area contributed by atoms with Crippen LogP contribution in [0.4, 0.5) is 0 Å². The SMILES string of the molecule is CC(C)(C)OOC(C)(CC(=O)Oc1ccc(Oc2cccc(OC(=O)CC(C)(OOC(C)(C)C)OOC(C)(C)C)c2)cc1)OOC(C)(C)C. The van der Waals surface area contributed by atoms with E-state index in [1.54, 1.807) is 132 Å². The lowest BCUT2D eigenvalue weighted by molar-refractivity contribution is -0.535. The Morgan fingerprint density at radius 3 is 1.12 bits per heavy atom. The minimum absolute atomic E-state index is 0.224. The smallest absolute Gasteiger partial charge is 0.316 e. The van der Waals surface area contributed by atoms with E-state index in [9.17, 15) is 9.59 Å². The van der Waals surface area contributed by atoms with Gasteiger partial charge >= 0.3 is 11.9 Å². The first-order valence-electron chi connectivity index (χ1n) is 16.0. The van der Waals surface area contributed by atoms with Crippen molar-refractivity contribution in [2.75, 3.05) is 0 Å². The lowest BCUT2D eigenvalue weighted by Gasteiger charge is -2.32. The maximum atomic E-state index is 12.9. The predicted molar refractivity (Wildman–Crippen MR) is 178 cm³/mol. The average Bonchev–Trinajstić information content (AvgIpc) is 2.93. The molecule has 0 heterocycles. The van der Waals surface area contributed by atoms with Crippen LogP contribution in [-0.2, 0) is 48.7 Å². The molecule has 0 aromatic heterocycles. The molecule has 2 aromatic rings. The van der Waals surface area contributed by atoms with E-state index < -0.39 is 45.9 Å². The van der Waals surface area contributed by atoms with Crippen molar-refractivity contribution in [3.8, 4) is 23.0 Å². The molecule has 0 aliphatic heterocycles. The number of hydrogen-bond acceptors (Lipinski definition) is 13. The highest BCUT2D eigenvalue weighted by atomic mass is 17.3. The van der Waals surface area contributed by atoms with E-state index in [1.165, 1.54) is 13.8 Å². The zero-order valence-electron chi connectivity index (χ0n) is 31.3. The minimum Gasteiger partial charge on any atom is -0.457 e. The van der Waals surface area contributed by atoms with Crippen molar-refractivity contribution < 1.29 is 62.9 Å².